The molecule has 1 amide bonds. The van der Waals surface area contributed by atoms with Crippen molar-refractivity contribution < 1.29 is 70.3 Å². The third-order valence-corrected chi connectivity index (χ3v) is 0.465. The van der Waals surface area contributed by atoms with Crippen LogP contribution < -0.4 is 0 Å². The molecule has 3 nitrogen and oxygen atoms in total. The van der Waals surface area contributed by atoms with E-state index in [1.807, 2.05) is 0 Å². The van der Waals surface area contributed by atoms with Crippen LogP contribution in [0.25, 0.3) is 0 Å². The maximum atomic E-state index is 9.91. The minimum Gasteiger partial charge on any atom is -0.648 e. The second kappa shape index (κ2) is 13.6. The molecule has 0 aliphatic rings. The minimum atomic E-state index is -0.657. The van der Waals surface area contributed by atoms with Gasteiger partial charge in [0.1, 0.15) is 0 Å². The number of amides is 1. The van der Waals surface area contributed by atoms with Crippen LogP contribution in [0.5, 0.6) is 0 Å². The summed E-state index contributed by atoms with van der Waals surface area (Å²) in [6.07, 6.45) is 1.42. The van der Waals surface area contributed by atoms with Crippen molar-refractivity contribution in [3.05, 3.63) is 13.5 Å². The number of carbonyl (C=O) groups excluding carboxylic acids is 2. The fourth-order valence-electron chi connectivity index (χ4n) is 0.217. The van der Waals surface area contributed by atoms with Gasteiger partial charge in [0.15, 0.2) is 0 Å². The summed E-state index contributed by atoms with van der Waals surface area (Å²) >= 11 is 0. The van der Waals surface area contributed by atoms with Gasteiger partial charge < -0.3 is 14.5 Å². The molecule has 0 saturated heterocycles. The molecule has 0 bridgehead atoms. The van der Waals surface area contributed by atoms with Crippen molar-refractivity contribution in [2.24, 2.45) is 0 Å². The van der Waals surface area contributed by atoms with E-state index in [0.29, 0.717) is 0 Å². The van der Waals surface area contributed by atoms with E-state index < -0.39 is 5.78 Å². The van der Waals surface area contributed by atoms with Crippen molar-refractivity contribution in [2.45, 2.75) is 0 Å². The van der Waals surface area contributed by atoms with Gasteiger partial charge in [0, 0.05) is 73.4 Å². The summed E-state index contributed by atoms with van der Waals surface area (Å²) in [5, 5.41) is 0. The molecule has 61 valence electrons. The zero-order valence-electron chi connectivity index (χ0n) is 5.68. The predicted molar refractivity (Wildman–Crippen MR) is 27.1 cm³/mol. The van der Waals surface area contributed by atoms with Gasteiger partial charge in [-0.3, -0.25) is 6.54 Å². The van der Waals surface area contributed by atoms with Crippen molar-refractivity contribution in [1.29, 1.82) is 0 Å². The maximum Gasteiger partial charge on any atom is 0.0183 e. The molecule has 0 atom stereocenters. The van der Waals surface area contributed by atoms with Gasteiger partial charge in [-0.25, -0.2) is 0 Å². The van der Waals surface area contributed by atoms with Crippen LogP contribution in [0.1, 0.15) is 0 Å². The molecule has 0 rings (SSSR count). The summed E-state index contributed by atoms with van der Waals surface area (Å²) in [7, 11) is 1.37. The van der Waals surface area contributed by atoms with Gasteiger partial charge in [-0.15, -0.1) is 0 Å². The summed E-state index contributed by atoms with van der Waals surface area (Å²) in [6.45, 7) is 5.59. The predicted octanol–water partition coefficient (Wildman–Crippen LogP) is -0.580. The Balaban J connectivity index is -0.0000000817. The molecular weight excluding hydrogens is 525 g/mol. The van der Waals surface area contributed by atoms with E-state index in [4.69, 9.17) is 0 Å². The molecule has 11 heavy (non-hydrogen) atoms. The van der Waals surface area contributed by atoms with Crippen molar-refractivity contribution >= 4 is 12.2 Å². The van der Waals surface area contributed by atoms with E-state index in [1.165, 1.54) is 13.5 Å². The minimum absolute atomic E-state index is 0. The van der Waals surface area contributed by atoms with E-state index >= 15 is 0 Å². The first kappa shape index (κ1) is 22.7. The average Bonchev–Trinajstić information content (AvgIpc) is 1.65. The molecule has 0 aromatic carbocycles. The van der Waals surface area contributed by atoms with E-state index in [9.17, 15) is 9.59 Å². The third kappa shape index (κ3) is 18.2. The van der Waals surface area contributed by atoms with Crippen LogP contribution in [0.3, 0.4) is 0 Å². The topological polar surface area (TPSA) is 37.4 Å². The summed E-state index contributed by atoms with van der Waals surface area (Å²) in [6, 6.07) is 0. The van der Waals surface area contributed by atoms with E-state index in [0.717, 1.165) is 11.4 Å². The van der Waals surface area contributed by atoms with Crippen molar-refractivity contribution in [3.8, 4) is 0 Å². The zero-order chi connectivity index (χ0) is 6.57. The van der Waals surface area contributed by atoms with Crippen LogP contribution >= 0.6 is 0 Å². The fourth-order valence-corrected chi connectivity index (χ4v) is 0.217. The fraction of sp³-hybridized carbons (Fsp3) is 0.200. The number of ketones is 1. The van der Waals surface area contributed by atoms with Crippen LogP contribution in [0, 0.1) is 13.5 Å². The van der Waals surface area contributed by atoms with Gasteiger partial charge in [0.25, 0.3) is 0 Å². The van der Waals surface area contributed by atoms with Gasteiger partial charge in [0.05, 0.1) is 0 Å². The van der Waals surface area contributed by atoms with Crippen LogP contribution in [0.15, 0.2) is 0 Å². The molecule has 0 aliphatic heterocycles. The molecule has 0 unspecified atom stereocenters. The quantitative estimate of drug-likeness (QED) is 0.363. The van der Waals surface area contributed by atoms with Gasteiger partial charge in [-0.1, -0.05) is 0 Å². The van der Waals surface area contributed by atoms with Crippen LogP contribution in [-0.4, -0.2) is 24.1 Å². The summed E-state index contributed by atoms with van der Waals surface area (Å²) in [4.78, 5) is 20.4. The summed E-state index contributed by atoms with van der Waals surface area (Å²) in [5.41, 5.74) is 0. The first-order chi connectivity index (χ1) is 3.66. The molecule has 0 spiro atoms. The summed E-state index contributed by atoms with van der Waals surface area (Å²) in [5.74, 6) is -0.657. The monoisotopic (exact) mass is 530 g/mol. The van der Waals surface area contributed by atoms with Gasteiger partial charge in [-0.05, 0) is 7.05 Å². The van der Waals surface area contributed by atoms with Gasteiger partial charge >= 0.3 is 0 Å². The molecule has 0 fully saturated rings. The van der Waals surface area contributed by atoms with Crippen LogP contribution in [-0.2, 0) is 70.3 Å². The third-order valence-electron chi connectivity index (χ3n) is 0.465. The number of Topliss-reactive ketones (excluding diaryl/α,β-unsaturated/α-hetero) is 1. The number of rotatable bonds is 3. The molecule has 0 aromatic rings. The number of likely N-dealkylation sites (N-methyl/N-ethyl adjacent to an activating group) is 1. The molecule has 0 aliphatic carbocycles. The Morgan fingerprint density at radius 1 is 1.55 bits per heavy atom. The Morgan fingerprint density at radius 2 is 1.91 bits per heavy atom. The summed E-state index contributed by atoms with van der Waals surface area (Å²) < 4.78 is 0. The Kier molecular flexibility index (Phi) is 27.9. The SMILES string of the molecule is [CH]C(=O)[CH-]N(C)[C-]=O.[V].[W].[W]. The van der Waals surface area contributed by atoms with Crippen molar-refractivity contribution in [1.82, 2.24) is 4.90 Å². The number of hydrogen-bond acceptors (Lipinski definition) is 2. The Morgan fingerprint density at radius 3 is 2.00 bits per heavy atom. The number of hydrogen-bond donors (Lipinski definition) is 0. The van der Waals surface area contributed by atoms with Gasteiger partial charge in [-0.2, -0.15) is 6.41 Å². The molecule has 3 radical (unpaired) electrons. The second-order valence-electron chi connectivity index (χ2n) is 1.23. The standard InChI is InChI=1S/C5H5NO2.V.2W/c1-5(8)3-6(2)4-7;;;/h1,3H,2H3;;;/q-2;;;. The smallest absolute Gasteiger partial charge is 0.0183 e. The number of nitrogens with zero attached hydrogens (tertiary/aromatic N) is 1. The van der Waals surface area contributed by atoms with Crippen LogP contribution in [0.2, 0.25) is 0 Å². The molecule has 0 heterocycles. The van der Waals surface area contributed by atoms with E-state index in [2.05, 4.69) is 6.92 Å². The molecule has 6 heteroatoms. The molecular formula is C5H5NO2VW2-2. The first-order valence-corrected chi connectivity index (χ1v) is 1.91. The van der Waals surface area contributed by atoms with Crippen molar-refractivity contribution in [3.63, 3.8) is 0 Å². The Labute approximate surface area is 107 Å². The van der Waals surface area contributed by atoms with E-state index in [1.54, 1.807) is 0 Å². The largest absolute Gasteiger partial charge is 0.648 e. The Hall–Kier alpha value is 0.971. The molecule has 0 N–H and O–H groups in total. The zero-order valence-corrected chi connectivity index (χ0v) is 12.9. The van der Waals surface area contributed by atoms with E-state index in [-0.39, 0.29) is 60.7 Å². The second-order valence-corrected chi connectivity index (χ2v) is 1.23. The normalized spacial score (nSPS) is 5.64. The van der Waals surface area contributed by atoms with Gasteiger partial charge in [0.2, 0.25) is 0 Å². The molecule has 0 aromatic heterocycles. The maximum absolute atomic E-state index is 9.91. The molecule has 0 saturated carbocycles. The van der Waals surface area contributed by atoms with Crippen LogP contribution in [0.4, 0.5) is 0 Å². The first-order valence-electron chi connectivity index (χ1n) is 1.91. The average molecular weight is 530 g/mol. The number of carbonyl (C=O) groups is 1. The Bertz CT molecular complexity index is 113. The van der Waals surface area contributed by atoms with Crippen molar-refractivity contribution in [2.75, 3.05) is 7.05 Å².